The summed E-state index contributed by atoms with van der Waals surface area (Å²) in [6.07, 6.45) is 3.75. The molecule has 0 saturated carbocycles. The van der Waals surface area contributed by atoms with Gasteiger partial charge in [0.25, 0.3) is 5.56 Å². The summed E-state index contributed by atoms with van der Waals surface area (Å²) in [6.45, 7) is 1.85. The van der Waals surface area contributed by atoms with E-state index < -0.39 is 5.97 Å². The molecule has 0 amide bonds. The molecular formula is C24H20ClN3O3. The van der Waals surface area contributed by atoms with Gasteiger partial charge in [0.2, 0.25) is 0 Å². The summed E-state index contributed by atoms with van der Waals surface area (Å²) in [5.74, 6) is -0.151. The number of benzene rings is 2. The van der Waals surface area contributed by atoms with Crippen LogP contribution in [0, 0.1) is 6.92 Å². The summed E-state index contributed by atoms with van der Waals surface area (Å²) in [6, 6.07) is 10.8. The van der Waals surface area contributed by atoms with E-state index >= 15 is 0 Å². The minimum atomic E-state index is -0.426. The van der Waals surface area contributed by atoms with Crippen LogP contribution in [0.25, 0.3) is 21.8 Å². The Labute approximate surface area is 183 Å². The second-order valence-corrected chi connectivity index (χ2v) is 8.33. The normalized spacial score (nSPS) is 13.4. The average Bonchev–Trinajstić information content (AvgIpc) is 2.75. The zero-order valence-corrected chi connectivity index (χ0v) is 17.8. The number of halogens is 1. The lowest BCUT2D eigenvalue weighted by Crippen LogP contribution is -2.17. The molecule has 0 unspecified atom stereocenters. The second-order valence-electron chi connectivity index (χ2n) is 7.89. The van der Waals surface area contributed by atoms with Gasteiger partial charge in [-0.05, 0) is 68.5 Å². The van der Waals surface area contributed by atoms with Gasteiger partial charge in [-0.1, -0.05) is 23.2 Å². The van der Waals surface area contributed by atoms with E-state index in [0.717, 1.165) is 53.4 Å². The predicted octanol–water partition coefficient (Wildman–Crippen LogP) is 4.67. The highest BCUT2D eigenvalue weighted by atomic mass is 35.5. The van der Waals surface area contributed by atoms with Crippen molar-refractivity contribution >= 4 is 39.4 Å². The average molecular weight is 434 g/mol. The first-order chi connectivity index (χ1) is 15.0. The van der Waals surface area contributed by atoms with Crippen LogP contribution >= 0.6 is 11.6 Å². The lowest BCUT2D eigenvalue weighted by Gasteiger charge is -2.20. The molecular weight excluding hydrogens is 414 g/mol. The number of fused-ring (bicyclic) bond motifs is 3. The summed E-state index contributed by atoms with van der Waals surface area (Å²) in [5.41, 5.74) is 4.54. The Morgan fingerprint density at radius 1 is 1.06 bits per heavy atom. The van der Waals surface area contributed by atoms with Crippen LogP contribution in [0.15, 0.2) is 41.2 Å². The highest BCUT2D eigenvalue weighted by molar-refractivity contribution is 6.31. The third-order valence-electron chi connectivity index (χ3n) is 5.68. The summed E-state index contributed by atoms with van der Waals surface area (Å²) in [4.78, 5) is 37.4. The van der Waals surface area contributed by atoms with Crippen molar-refractivity contribution in [2.45, 2.75) is 39.2 Å². The number of pyridine rings is 1. The Balaban J connectivity index is 1.52. The summed E-state index contributed by atoms with van der Waals surface area (Å²) in [5, 5.41) is 1.72. The molecule has 0 radical (unpaired) electrons. The molecule has 0 bridgehead atoms. The fraction of sp³-hybridized carbons (Fsp3) is 0.250. The molecule has 2 heterocycles. The number of ether oxygens (including phenoxy) is 1. The number of carbonyl (C=O) groups excluding carboxylic acids is 1. The van der Waals surface area contributed by atoms with Crippen LogP contribution in [0.3, 0.4) is 0 Å². The first kappa shape index (κ1) is 19.7. The van der Waals surface area contributed by atoms with Gasteiger partial charge in [0, 0.05) is 16.1 Å². The molecule has 4 aromatic rings. The van der Waals surface area contributed by atoms with Crippen LogP contribution in [0.1, 0.15) is 45.8 Å². The molecule has 31 heavy (non-hydrogen) atoms. The quantitative estimate of drug-likeness (QED) is 0.474. The van der Waals surface area contributed by atoms with Gasteiger partial charge in [0.15, 0.2) is 0 Å². The predicted molar refractivity (Wildman–Crippen MR) is 120 cm³/mol. The van der Waals surface area contributed by atoms with Gasteiger partial charge in [-0.25, -0.2) is 9.78 Å². The van der Waals surface area contributed by atoms with Gasteiger partial charge in [0.05, 0.1) is 22.0 Å². The van der Waals surface area contributed by atoms with Crippen molar-refractivity contribution in [2.24, 2.45) is 0 Å². The lowest BCUT2D eigenvalue weighted by molar-refractivity contribution is 0.0463. The minimum Gasteiger partial charge on any atom is -0.454 e. The van der Waals surface area contributed by atoms with Crippen LogP contribution in [0.5, 0.6) is 0 Å². The number of H-pyrrole nitrogens is 1. The second kappa shape index (κ2) is 7.78. The van der Waals surface area contributed by atoms with Gasteiger partial charge in [-0.3, -0.25) is 9.78 Å². The molecule has 0 saturated heterocycles. The number of hydrogen-bond donors (Lipinski definition) is 1. The molecule has 5 rings (SSSR count). The molecule has 0 aliphatic heterocycles. The molecule has 1 N–H and O–H groups in total. The zero-order chi connectivity index (χ0) is 21.5. The highest BCUT2D eigenvalue weighted by Crippen LogP contribution is 2.30. The van der Waals surface area contributed by atoms with Crippen LogP contribution < -0.4 is 5.56 Å². The molecule has 0 spiro atoms. The largest absolute Gasteiger partial charge is 0.454 e. The fourth-order valence-corrected chi connectivity index (χ4v) is 4.37. The first-order valence-corrected chi connectivity index (χ1v) is 10.6. The zero-order valence-electron chi connectivity index (χ0n) is 17.0. The SMILES string of the molecule is Cc1ccc2nc3c(c(C(=O)OCc4nc5cc(Cl)ccc5c(=O)[nH]4)c2c1)CCCC3. The number of nitrogens with zero attached hydrogens (tertiary/aromatic N) is 2. The smallest absolute Gasteiger partial charge is 0.339 e. The first-order valence-electron chi connectivity index (χ1n) is 10.3. The van der Waals surface area contributed by atoms with Gasteiger partial charge >= 0.3 is 5.97 Å². The third kappa shape index (κ3) is 3.68. The van der Waals surface area contributed by atoms with Crippen molar-refractivity contribution in [3.05, 3.63) is 80.0 Å². The summed E-state index contributed by atoms with van der Waals surface area (Å²) in [7, 11) is 0. The Morgan fingerprint density at radius 2 is 1.90 bits per heavy atom. The number of aromatic amines is 1. The number of nitrogens with one attached hydrogen (secondary N) is 1. The molecule has 2 aromatic heterocycles. The van der Waals surface area contributed by atoms with Crippen molar-refractivity contribution < 1.29 is 9.53 Å². The number of carbonyl (C=O) groups is 1. The van der Waals surface area contributed by atoms with Gasteiger partial charge in [-0.15, -0.1) is 0 Å². The molecule has 156 valence electrons. The summed E-state index contributed by atoms with van der Waals surface area (Å²) < 4.78 is 5.63. The Hall–Kier alpha value is -3.25. The van der Waals surface area contributed by atoms with Crippen LogP contribution in [0.2, 0.25) is 5.02 Å². The number of esters is 1. The van der Waals surface area contributed by atoms with Gasteiger partial charge in [-0.2, -0.15) is 0 Å². The number of aromatic nitrogens is 3. The van der Waals surface area contributed by atoms with E-state index in [4.69, 9.17) is 21.3 Å². The van der Waals surface area contributed by atoms with Crippen molar-refractivity contribution in [1.82, 2.24) is 15.0 Å². The minimum absolute atomic E-state index is 0.138. The molecule has 1 aliphatic carbocycles. The fourth-order valence-electron chi connectivity index (χ4n) is 4.21. The number of aryl methyl sites for hydroxylation is 2. The molecule has 2 aromatic carbocycles. The van der Waals surface area contributed by atoms with Crippen molar-refractivity contribution in [3.8, 4) is 0 Å². The van der Waals surface area contributed by atoms with E-state index in [9.17, 15) is 9.59 Å². The van der Waals surface area contributed by atoms with Gasteiger partial charge < -0.3 is 9.72 Å². The van der Waals surface area contributed by atoms with E-state index in [-0.39, 0.29) is 18.0 Å². The standard InChI is InChI=1S/C24H20ClN3O3/c1-13-6-9-19-17(10-13)22(15-4-2-3-5-18(15)26-19)24(30)31-12-21-27-20-11-14(25)7-8-16(20)23(29)28-21/h6-11H,2-5,12H2,1H3,(H,27,28,29). The summed E-state index contributed by atoms with van der Waals surface area (Å²) >= 11 is 6.02. The van der Waals surface area contributed by atoms with E-state index in [1.165, 1.54) is 0 Å². The maximum absolute atomic E-state index is 13.2. The maximum Gasteiger partial charge on any atom is 0.339 e. The van der Waals surface area contributed by atoms with Crippen molar-refractivity contribution in [1.29, 1.82) is 0 Å². The maximum atomic E-state index is 13.2. The molecule has 1 aliphatic rings. The lowest BCUT2D eigenvalue weighted by atomic mass is 9.89. The van der Waals surface area contributed by atoms with Crippen molar-refractivity contribution in [2.75, 3.05) is 0 Å². The Morgan fingerprint density at radius 3 is 2.77 bits per heavy atom. The van der Waals surface area contributed by atoms with Crippen molar-refractivity contribution in [3.63, 3.8) is 0 Å². The van der Waals surface area contributed by atoms with Crippen LogP contribution in [-0.4, -0.2) is 20.9 Å². The molecule has 0 fully saturated rings. The van der Waals surface area contributed by atoms with Crippen LogP contribution in [0.4, 0.5) is 0 Å². The van der Waals surface area contributed by atoms with E-state index in [2.05, 4.69) is 9.97 Å². The number of hydrogen-bond acceptors (Lipinski definition) is 5. The third-order valence-corrected chi connectivity index (χ3v) is 5.91. The van der Waals surface area contributed by atoms with Gasteiger partial charge in [0.1, 0.15) is 12.4 Å². The van der Waals surface area contributed by atoms with Crippen LogP contribution in [-0.2, 0) is 24.2 Å². The van der Waals surface area contributed by atoms with E-state index in [1.54, 1.807) is 18.2 Å². The van der Waals surface area contributed by atoms with E-state index in [0.29, 0.717) is 21.5 Å². The molecule has 0 atom stereocenters. The number of rotatable bonds is 3. The topological polar surface area (TPSA) is 84.9 Å². The van der Waals surface area contributed by atoms with E-state index in [1.807, 2.05) is 25.1 Å². The molecule has 7 heteroatoms. The Bertz CT molecular complexity index is 1410. The Kier molecular flexibility index (Phi) is 4.94. The monoisotopic (exact) mass is 433 g/mol. The highest BCUT2D eigenvalue weighted by Gasteiger charge is 2.24. The molecule has 6 nitrogen and oxygen atoms in total.